The van der Waals surface area contributed by atoms with Crippen LogP contribution in [0.1, 0.15) is 86.6 Å². The first-order valence-corrected chi connectivity index (χ1v) is 17.0. The predicted molar refractivity (Wildman–Crippen MR) is 200 cm³/mol. The molecule has 5 heteroatoms. The molecular weight excluding hydrogens is 791 g/mol. The molecule has 4 nitrogen and oxygen atoms in total. The predicted octanol–water partition coefficient (Wildman–Crippen LogP) is 11.5. The maximum atomic E-state index is 8.84. The third-order valence-corrected chi connectivity index (χ3v) is 9.03. The number of aromatic nitrogens is 3. The van der Waals surface area contributed by atoms with Crippen LogP contribution in [0.4, 0.5) is 0 Å². The standard InChI is InChI=1S/C26H21N2O.C19H22N.Ir/c1-17(2)19-11-13-27-22(16-19)20-9-6-10-21-25-23(15-18-7-4-3-5-8-18)28-14-12-24(25)29-26(20)21;1-15-14-20-19(17-10-6-3-7-11-17)13-18(15)12-16-8-4-2-5-9-16;/h3-8,10-14,16-17H,15H2,1-2H3;3,6-7,10,13-14,16H,2,4-5,8-9,12H2,1H3;/q2*-1;/i15D2,17D;12D2;. The summed E-state index contributed by atoms with van der Waals surface area (Å²) in [7, 11) is 0. The second kappa shape index (κ2) is 16.5. The van der Waals surface area contributed by atoms with Gasteiger partial charge in [0.1, 0.15) is 5.58 Å². The summed E-state index contributed by atoms with van der Waals surface area (Å²) in [5, 5.41) is 1.40. The van der Waals surface area contributed by atoms with Crippen LogP contribution >= 0.6 is 0 Å². The van der Waals surface area contributed by atoms with Crippen LogP contribution in [0.2, 0.25) is 0 Å². The van der Waals surface area contributed by atoms with Gasteiger partial charge in [-0.15, -0.1) is 54.1 Å². The van der Waals surface area contributed by atoms with E-state index in [1.54, 1.807) is 42.9 Å². The average Bonchev–Trinajstić information content (AvgIpc) is 3.58. The SMILES string of the molecule is [2H]C(C)(C)c1ccnc(-c2[c-]ccc3c2oc2ccnc(C([2H])([2H])c4ccccc4)c23)c1.[2H]C([2H])(c1cc(-c2[c-]cccc2)ncc1C)C1CCCCC1.[Ir]. The maximum Gasteiger partial charge on any atom is 0.124 e. The second-order valence-corrected chi connectivity index (χ2v) is 12.8. The van der Waals surface area contributed by atoms with E-state index in [0.29, 0.717) is 39.1 Å². The molecule has 0 saturated heterocycles. The number of rotatable bonds is 7. The Balaban J connectivity index is 0.000000196. The zero-order valence-corrected chi connectivity index (χ0v) is 31.0. The van der Waals surface area contributed by atoms with Crippen molar-refractivity contribution in [1.82, 2.24) is 15.0 Å². The van der Waals surface area contributed by atoms with Crippen molar-refractivity contribution >= 4 is 21.9 Å². The van der Waals surface area contributed by atoms with Crippen LogP contribution in [-0.2, 0) is 32.9 Å². The van der Waals surface area contributed by atoms with Gasteiger partial charge in [-0.05, 0) is 59.8 Å². The molecule has 1 aliphatic carbocycles. The number of benzene rings is 3. The molecule has 1 radical (unpaired) electrons. The van der Waals surface area contributed by atoms with E-state index >= 15 is 0 Å². The van der Waals surface area contributed by atoms with Crippen LogP contribution < -0.4 is 0 Å². The first-order chi connectivity index (χ1) is 25.9. The molecule has 0 amide bonds. The minimum absolute atomic E-state index is 0. The monoisotopic (exact) mass is 839 g/mol. The number of aryl methyl sites for hydroxylation is 1. The number of pyridine rings is 3. The van der Waals surface area contributed by atoms with E-state index in [1.165, 1.54) is 6.42 Å². The fourth-order valence-electron chi connectivity index (χ4n) is 6.35. The third-order valence-electron chi connectivity index (χ3n) is 9.03. The Hall–Kier alpha value is -4.44. The van der Waals surface area contributed by atoms with E-state index in [9.17, 15) is 0 Å². The number of nitrogens with zero attached hydrogens (tertiary/aromatic N) is 3. The van der Waals surface area contributed by atoms with Crippen LogP contribution in [0.3, 0.4) is 0 Å². The minimum atomic E-state index is -1.80. The van der Waals surface area contributed by atoms with Crippen LogP contribution in [0, 0.1) is 25.0 Å². The van der Waals surface area contributed by atoms with Crippen LogP contribution in [0.25, 0.3) is 44.5 Å². The molecule has 0 atom stereocenters. The van der Waals surface area contributed by atoms with Gasteiger partial charge in [-0.1, -0.05) is 110 Å². The quantitative estimate of drug-likeness (QED) is 0.150. The number of hydrogen-bond acceptors (Lipinski definition) is 4. The molecule has 4 heterocycles. The number of hydrogen-bond donors (Lipinski definition) is 0. The summed E-state index contributed by atoms with van der Waals surface area (Å²) in [5.74, 6) is -0.641. The van der Waals surface area contributed by atoms with Crippen LogP contribution in [0.15, 0.2) is 114 Å². The zero-order chi connectivity index (χ0) is 38.1. The maximum absolute atomic E-state index is 8.84. The van der Waals surface area contributed by atoms with Crippen molar-refractivity contribution in [2.75, 3.05) is 0 Å². The Labute approximate surface area is 316 Å². The van der Waals surface area contributed by atoms with Gasteiger partial charge in [0.15, 0.2) is 0 Å². The van der Waals surface area contributed by atoms with Gasteiger partial charge in [0.2, 0.25) is 0 Å². The fraction of sp³-hybridized carbons (Fsp3) is 0.267. The Morgan fingerprint density at radius 2 is 1.66 bits per heavy atom. The minimum Gasteiger partial charge on any atom is -0.500 e. The molecule has 3 aromatic carbocycles. The Morgan fingerprint density at radius 3 is 2.44 bits per heavy atom. The topological polar surface area (TPSA) is 51.8 Å². The molecule has 0 unspecified atom stereocenters. The largest absolute Gasteiger partial charge is 0.500 e. The van der Waals surface area contributed by atoms with Crippen molar-refractivity contribution in [1.29, 1.82) is 0 Å². The van der Waals surface area contributed by atoms with Crippen LogP contribution in [-0.4, -0.2) is 15.0 Å². The van der Waals surface area contributed by atoms with Gasteiger partial charge in [0.05, 0.1) is 11.3 Å². The van der Waals surface area contributed by atoms with Gasteiger partial charge < -0.3 is 14.4 Å². The van der Waals surface area contributed by atoms with Crippen molar-refractivity contribution in [3.8, 4) is 22.5 Å². The zero-order valence-electron chi connectivity index (χ0n) is 33.6. The van der Waals surface area contributed by atoms with Crippen molar-refractivity contribution in [3.63, 3.8) is 0 Å². The van der Waals surface area contributed by atoms with Crippen LogP contribution in [0.5, 0.6) is 0 Å². The van der Waals surface area contributed by atoms with E-state index in [4.69, 9.17) is 11.3 Å². The Bertz CT molecular complexity index is 2390. The summed E-state index contributed by atoms with van der Waals surface area (Å²) in [6.45, 7) is 5.63. The van der Waals surface area contributed by atoms with E-state index in [1.807, 2.05) is 87.5 Å². The molecule has 0 bridgehead atoms. The summed E-state index contributed by atoms with van der Waals surface area (Å²) < 4.78 is 49.6. The molecule has 0 N–H and O–H groups in total. The summed E-state index contributed by atoms with van der Waals surface area (Å²) in [6.07, 6.45) is 7.49. The average molecular weight is 839 g/mol. The van der Waals surface area contributed by atoms with Gasteiger partial charge in [0, 0.05) is 57.3 Å². The van der Waals surface area contributed by atoms with Crippen molar-refractivity contribution < 1.29 is 31.4 Å². The molecule has 1 saturated carbocycles. The van der Waals surface area contributed by atoms with Crippen molar-refractivity contribution in [2.45, 2.75) is 71.5 Å². The fourth-order valence-corrected chi connectivity index (χ4v) is 6.35. The van der Waals surface area contributed by atoms with E-state index in [0.717, 1.165) is 59.0 Å². The van der Waals surface area contributed by atoms with Crippen molar-refractivity contribution in [2.24, 2.45) is 5.92 Å². The molecule has 0 aliphatic heterocycles. The summed E-state index contributed by atoms with van der Waals surface area (Å²) >= 11 is 0. The molecular formula is C45H43IrN3O-2. The van der Waals surface area contributed by atoms with Crippen molar-refractivity contribution in [3.05, 3.63) is 150 Å². The molecule has 1 aliphatic rings. The Morgan fingerprint density at radius 1 is 0.860 bits per heavy atom. The molecule has 255 valence electrons. The summed E-state index contributed by atoms with van der Waals surface area (Å²) in [6, 6.07) is 34.2. The molecule has 7 aromatic rings. The van der Waals surface area contributed by atoms with Gasteiger partial charge in [-0.3, -0.25) is 4.98 Å². The Kier molecular flexibility index (Phi) is 9.68. The van der Waals surface area contributed by atoms with E-state index < -0.39 is 18.6 Å². The molecule has 50 heavy (non-hydrogen) atoms. The number of fused-ring (bicyclic) bond motifs is 3. The van der Waals surface area contributed by atoms with Gasteiger partial charge in [-0.2, -0.15) is 0 Å². The molecule has 8 rings (SSSR count). The second-order valence-electron chi connectivity index (χ2n) is 12.8. The third kappa shape index (κ3) is 8.12. The summed E-state index contributed by atoms with van der Waals surface area (Å²) in [5.41, 5.74) is 7.61. The first-order valence-electron chi connectivity index (χ1n) is 19.5. The molecule has 0 spiro atoms. The summed E-state index contributed by atoms with van der Waals surface area (Å²) in [4.78, 5) is 13.4. The normalized spacial score (nSPS) is 15.5. The van der Waals surface area contributed by atoms with Gasteiger partial charge in [-0.25, -0.2) is 0 Å². The number of furan rings is 1. The molecule has 4 aromatic heterocycles. The first kappa shape index (κ1) is 29.3. The molecule has 1 fully saturated rings. The van der Waals surface area contributed by atoms with Gasteiger partial charge >= 0.3 is 0 Å². The van der Waals surface area contributed by atoms with E-state index in [2.05, 4.69) is 27.1 Å². The van der Waals surface area contributed by atoms with Gasteiger partial charge in [0.25, 0.3) is 0 Å². The smallest absolute Gasteiger partial charge is 0.124 e. The van der Waals surface area contributed by atoms with E-state index in [-0.39, 0.29) is 26.0 Å².